The van der Waals surface area contributed by atoms with E-state index >= 15 is 0 Å². The Balaban J connectivity index is 1.86. The molecule has 3 aromatic rings. The molecule has 0 spiro atoms. The number of hydrogen-bond donors (Lipinski definition) is 4. The summed E-state index contributed by atoms with van der Waals surface area (Å²) in [7, 11) is 0. The van der Waals surface area contributed by atoms with E-state index in [1.54, 1.807) is 17.6 Å². The van der Waals surface area contributed by atoms with Crippen molar-refractivity contribution in [1.29, 1.82) is 0 Å². The first kappa shape index (κ1) is 17.8. The van der Waals surface area contributed by atoms with Crippen LogP contribution in [0.15, 0.2) is 42.7 Å². The van der Waals surface area contributed by atoms with Crippen LogP contribution in [0.1, 0.15) is 12.5 Å². The number of hydrogen-bond acceptors (Lipinski definition) is 6. The molecule has 2 heterocycles. The average molecular weight is 354 g/mol. The third kappa shape index (κ3) is 3.98. The Kier molecular flexibility index (Phi) is 5.45. The fourth-order valence-corrected chi connectivity index (χ4v) is 2.58. The van der Waals surface area contributed by atoms with Gasteiger partial charge in [0, 0.05) is 31.4 Å². The molecule has 8 heteroatoms. The number of carbonyl (C=O) groups is 1. The second kappa shape index (κ2) is 7.94. The van der Waals surface area contributed by atoms with Crippen molar-refractivity contribution < 1.29 is 9.90 Å². The summed E-state index contributed by atoms with van der Waals surface area (Å²) in [6.07, 6.45) is 3.63. The van der Waals surface area contributed by atoms with Gasteiger partial charge >= 0.3 is 5.97 Å². The molecule has 1 aromatic carbocycles. The van der Waals surface area contributed by atoms with E-state index in [4.69, 9.17) is 10.8 Å². The molecular formula is C18H22N6O2. The van der Waals surface area contributed by atoms with Crippen molar-refractivity contribution in [3.8, 4) is 11.1 Å². The number of aliphatic carboxylic acids is 1. The molecule has 5 N–H and O–H groups in total. The SMILES string of the molecule is C[C@@H](NCc1cccc(-c2cnn3ccc(NCCN)nc23)c1)C(=O)O. The number of carboxylic acid groups (broad SMARTS) is 1. The molecule has 2 aromatic heterocycles. The van der Waals surface area contributed by atoms with E-state index in [0.29, 0.717) is 19.6 Å². The van der Waals surface area contributed by atoms with Crippen LogP contribution < -0.4 is 16.4 Å². The van der Waals surface area contributed by atoms with Crippen molar-refractivity contribution in [3.05, 3.63) is 48.3 Å². The molecule has 0 bridgehead atoms. The maximum absolute atomic E-state index is 10.9. The predicted molar refractivity (Wildman–Crippen MR) is 99.9 cm³/mol. The van der Waals surface area contributed by atoms with E-state index in [2.05, 4.69) is 20.7 Å². The summed E-state index contributed by atoms with van der Waals surface area (Å²) in [5.41, 5.74) is 9.15. The summed E-state index contributed by atoms with van der Waals surface area (Å²) in [4.78, 5) is 15.5. The Morgan fingerprint density at radius 3 is 3.00 bits per heavy atom. The van der Waals surface area contributed by atoms with Crippen LogP contribution in [-0.4, -0.2) is 44.8 Å². The molecule has 26 heavy (non-hydrogen) atoms. The van der Waals surface area contributed by atoms with Gasteiger partial charge in [-0.2, -0.15) is 5.10 Å². The van der Waals surface area contributed by atoms with E-state index in [9.17, 15) is 4.79 Å². The third-order valence-electron chi connectivity index (χ3n) is 4.04. The highest BCUT2D eigenvalue weighted by Gasteiger charge is 2.12. The molecule has 3 rings (SSSR count). The molecule has 8 nitrogen and oxygen atoms in total. The number of nitrogens with zero attached hydrogens (tertiary/aromatic N) is 3. The Labute approximate surface area is 151 Å². The van der Waals surface area contributed by atoms with Crippen LogP contribution >= 0.6 is 0 Å². The number of aromatic nitrogens is 3. The minimum absolute atomic E-state index is 0.469. The van der Waals surface area contributed by atoms with E-state index in [-0.39, 0.29) is 0 Å². The zero-order valence-electron chi connectivity index (χ0n) is 14.5. The van der Waals surface area contributed by atoms with Gasteiger partial charge in [0.2, 0.25) is 0 Å². The molecule has 0 unspecified atom stereocenters. The number of nitrogens with two attached hydrogens (primary N) is 1. The van der Waals surface area contributed by atoms with Crippen molar-refractivity contribution in [3.63, 3.8) is 0 Å². The van der Waals surface area contributed by atoms with Crippen molar-refractivity contribution in [2.45, 2.75) is 19.5 Å². The monoisotopic (exact) mass is 354 g/mol. The lowest BCUT2D eigenvalue weighted by atomic mass is 10.1. The van der Waals surface area contributed by atoms with Crippen LogP contribution in [0, 0.1) is 0 Å². The minimum atomic E-state index is -0.870. The van der Waals surface area contributed by atoms with Gasteiger partial charge in [-0.3, -0.25) is 4.79 Å². The Morgan fingerprint density at radius 1 is 1.38 bits per heavy atom. The zero-order chi connectivity index (χ0) is 18.5. The van der Waals surface area contributed by atoms with Crippen molar-refractivity contribution in [1.82, 2.24) is 19.9 Å². The molecule has 136 valence electrons. The molecule has 0 radical (unpaired) electrons. The maximum Gasteiger partial charge on any atom is 0.320 e. The average Bonchev–Trinajstić information content (AvgIpc) is 3.07. The summed E-state index contributed by atoms with van der Waals surface area (Å²) >= 11 is 0. The second-order valence-electron chi connectivity index (χ2n) is 6.00. The highest BCUT2D eigenvalue weighted by Crippen LogP contribution is 2.25. The minimum Gasteiger partial charge on any atom is -0.480 e. The van der Waals surface area contributed by atoms with E-state index in [1.165, 1.54) is 0 Å². The van der Waals surface area contributed by atoms with Gasteiger partial charge in [0.15, 0.2) is 5.65 Å². The van der Waals surface area contributed by atoms with Crippen LogP contribution in [0.4, 0.5) is 5.82 Å². The highest BCUT2D eigenvalue weighted by molar-refractivity contribution is 5.78. The molecule has 0 saturated carbocycles. The van der Waals surface area contributed by atoms with Crippen LogP contribution in [0.2, 0.25) is 0 Å². The van der Waals surface area contributed by atoms with Crippen molar-refractivity contribution >= 4 is 17.4 Å². The van der Waals surface area contributed by atoms with Gasteiger partial charge in [-0.25, -0.2) is 9.50 Å². The number of fused-ring (bicyclic) bond motifs is 1. The van der Waals surface area contributed by atoms with Gasteiger partial charge in [0.05, 0.1) is 6.20 Å². The largest absolute Gasteiger partial charge is 0.480 e. The lowest BCUT2D eigenvalue weighted by molar-refractivity contribution is -0.139. The normalized spacial score (nSPS) is 12.2. The van der Waals surface area contributed by atoms with E-state index < -0.39 is 12.0 Å². The topological polar surface area (TPSA) is 118 Å². The first-order valence-electron chi connectivity index (χ1n) is 8.42. The Bertz CT molecular complexity index is 908. The number of carboxylic acids is 1. The Hall–Kier alpha value is -2.97. The molecule has 1 atom stereocenters. The number of anilines is 1. The van der Waals surface area contributed by atoms with Gasteiger partial charge in [-0.05, 0) is 30.2 Å². The highest BCUT2D eigenvalue weighted by atomic mass is 16.4. The molecule has 0 fully saturated rings. The standard InChI is InChI=1S/C18H22N6O2/c1-12(18(25)26)21-10-13-3-2-4-14(9-13)15-11-22-24-8-5-16(20-7-6-19)23-17(15)24/h2-5,8-9,11-12,21H,6-7,10,19H2,1H3,(H,20,23)(H,25,26)/t12-/m1/s1. The smallest absolute Gasteiger partial charge is 0.320 e. The Morgan fingerprint density at radius 2 is 2.23 bits per heavy atom. The molecule has 0 saturated heterocycles. The van der Waals surface area contributed by atoms with Gasteiger partial charge in [-0.1, -0.05) is 18.2 Å². The number of nitrogens with one attached hydrogen (secondary N) is 2. The van der Waals surface area contributed by atoms with Crippen LogP contribution in [0.5, 0.6) is 0 Å². The third-order valence-corrected chi connectivity index (χ3v) is 4.04. The zero-order valence-corrected chi connectivity index (χ0v) is 14.5. The number of benzene rings is 1. The quantitative estimate of drug-likeness (QED) is 0.482. The summed E-state index contributed by atoms with van der Waals surface area (Å²) in [6.45, 7) is 3.27. The van der Waals surface area contributed by atoms with Crippen molar-refractivity contribution in [2.75, 3.05) is 18.4 Å². The summed E-state index contributed by atoms with van der Waals surface area (Å²) in [5.74, 6) is -0.122. The second-order valence-corrected chi connectivity index (χ2v) is 6.00. The number of rotatable bonds is 8. The van der Waals surface area contributed by atoms with E-state index in [1.807, 2.05) is 36.5 Å². The van der Waals surface area contributed by atoms with Crippen LogP contribution in [-0.2, 0) is 11.3 Å². The lowest BCUT2D eigenvalue weighted by Gasteiger charge is -2.10. The molecule has 0 aliphatic heterocycles. The van der Waals surface area contributed by atoms with Crippen LogP contribution in [0.25, 0.3) is 16.8 Å². The molecule has 0 amide bonds. The maximum atomic E-state index is 10.9. The first-order chi connectivity index (χ1) is 12.6. The first-order valence-corrected chi connectivity index (χ1v) is 8.42. The molecule has 0 aliphatic carbocycles. The van der Waals surface area contributed by atoms with Gasteiger partial charge in [-0.15, -0.1) is 0 Å². The predicted octanol–water partition coefficient (Wildman–Crippen LogP) is 1.33. The van der Waals surface area contributed by atoms with Gasteiger partial charge in [0.1, 0.15) is 11.9 Å². The van der Waals surface area contributed by atoms with Crippen molar-refractivity contribution in [2.24, 2.45) is 5.73 Å². The van der Waals surface area contributed by atoms with Crippen LogP contribution in [0.3, 0.4) is 0 Å². The summed E-state index contributed by atoms with van der Waals surface area (Å²) < 4.78 is 1.72. The molecule has 0 aliphatic rings. The fraction of sp³-hybridized carbons (Fsp3) is 0.278. The summed E-state index contributed by atoms with van der Waals surface area (Å²) in [6, 6.07) is 9.15. The fourth-order valence-electron chi connectivity index (χ4n) is 2.58. The summed E-state index contributed by atoms with van der Waals surface area (Å²) in [5, 5.41) is 19.5. The van der Waals surface area contributed by atoms with E-state index in [0.717, 1.165) is 28.2 Å². The van der Waals surface area contributed by atoms with Gasteiger partial charge < -0.3 is 21.5 Å². The van der Waals surface area contributed by atoms with Gasteiger partial charge in [0.25, 0.3) is 0 Å². The molecular weight excluding hydrogens is 332 g/mol. The lowest BCUT2D eigenvalue weighted by Crippen LogP contribution is -2.33.